The molecule has 0 aliphatic carbocycles. The fraction of sp³-hybridized carbons (Fsp3) is 0.250. The first kappa shape index (κ1) is 18.7. The predicted octanol–water partition coefficient (Wildman–Crippen LogP) is 2.17. The minimum Gasteiger partial charge on any atom is -0.497 e. The van der Waals surface area contributed by atoms with Crippen molar-refractivity contribution >= 4 is 21.4 Å². The van der Waals surface area contributed by atoms with Crippen LogP contribution >= 0.6 is 0 Å². The summed E-state index contributed by atoms with van der Waals surface area (Å²) in [6.45, 7) is 0.464. The third kappa shape index (κ3) is 4.68. The van der Waals surface area contributed by atoms with Gasteiger partial charge in [-0.1, -0.05) is 12.1 Å². The average molecular weight is 365 g/mol. The van der Waals surface area contributed by atoms with E-state index in [4.69, 9.17) is 4.74 Å². The SMILES string of the molecule is CNS(=O)(=O)c1ccc(NCCc2ccc(OC)cc2)c([N+](=O)[O-])c1. The number of methoxy groups -OCH3 is 1. The Hall–Kier alpha value is -2.65. The normalized spacial score (nSPS) is 11.1. The number of ether oxygens (including phenoxy) is 1. The van der Waals surface area contributed by atoms with Gasteiger partial charge in [-0.05, 0) is 43.3 Å². The van der Waals surface area contributed by atoms with E-state index in [9.17, 15) is 18.5 Å². The number of nitrogens with zero attached hydrogens (tertiary/aromatic N) is 1. The van der Waals surface area contributed by atoms with Crippen LogP contribution in [0.25, 0.3) is 0 Å². The zero-order chi connectivity index (χ0) is 18.4. The summed E-state index contributed by atoms with van der Waals surface area (Å²) in [7, 11) is -0.892. The summed E-state index contributed by atoms with van der Waals surface area (Å²) in [5.41, 5.74) is 1.03. The number of benzene rings is 2. The van der Waals surface area contributed by atoms with E-state index in [1.54, 1.807) is 7.11 Å². The molecule has 0 unspecified atom stereocenters. The maximum Gasteiger partial charge on any atom is 0.293 e. The van der Waals surface area contributed by atoms with Gasteiger partial charge in [0.1, 0.15) is 11.4 Å². The summed E-state index contributed by atoms with van der Waals surface area (Å²) < 4.78 is 30.8. The fourth-order valence-corrected chi connectivity index (χ4v) is 2.98. The first-order valence-corrected chi connectivity index (χ1v) is 8.94. The second-order valence-corrected chi connectivity index (χ2v) is 7.06. The number of nitrogens with one attached hydrogen (secondary N) is 2. The Morgan fingerprint density at radius 2 is 1.84 bits per heavy atom. The molecule has 0 amide bonds. The zero-order valence-electron chi connectivity index (χ0n) is 13.9. The Labute approximate surface area is 146 Å². The first-order valence-electron chi connectivity index (χ1n) is 7.46. The highest BCUT2D eigenvalue weighted by Gasteiger charge is 2.20. The van der Waals surface area contributed by atoms with Crippen molar-refractivity contribution in [3.63, 3.8) is 0 Å². The Kier molecular flexibility index (Phi) is 5.94. The lowest BCUT2D eigenvalue weighted by molar-refractivity contribution is -0.384. The van der Waals surface area contributed by atoms with Crippen molar-refractivity contribution in [1.82, 2.24) is 4.72 Å². The van der Waals surface area contributed by atoms with Crippen molar-refractivity contribution < 1.29 is 18.1 Å². The van der Waals surface area contributed by atoms with Gasteiger partial charge in [0.25, 0.3) is 5.69 Å². The molecule has 134 valence electrons. The molecule has 0 radical (unpaired) electrons. The molecule has 2 N–H and O–H groups in total. The van der Waals surface area contributed by atoms with Gasteiger partial charge >= 0.3 is 0 Å². The maximum absolute atomic E-state index is 11.8. The Morgan fingerprint density at radius 1 is 1.16 bits per heavy atom. The van der Waals surface area contributed by atoms with Crippen molar-refractivity contribution in [1.29, 1.82) is 0 Å². The van der Waals surface area contributed by atoms with Crippen LogP contribution in [0.15, 0.2) is 47.4 Å². The van der Waals surface area contributed by atoms with Crippen molar-refractivity contribution in [2.45, 2.75) is 11.3 Å². The van der Waals surface area contributed by atoms with Crippen molar-refractivity contribution in [2.75, 3.05) is 26.0 Å². The minimum absolute atomic E-state index is 0.151. The molecule has 0 saturated carbocycles. The smallest absolute Gasteiger partial charge is 0.293 e. The molecule has 2 rings (SSSR count). The Balaban J connectivity index is 2.11. The van der Waals surface area contributed by atoms with Crippen LogP contribution in [0.5, 0.6) is 5.75 Å². The molecular formula is C16H19N3O5S. The van der Waals surface area contributed by atoms with Crippen LogP contribution in [0.3, 0.4) is 0 Å². The van der Waals surface area contributed by atoms with Crippen LogP contribution in [0, 0.1) is 10.1 Å². The quantitative estimate of drug-likeness (QED) is 0.548. The minimum atomic E-state index is -3.74. The summed E-state index contributed by atoms with van der Waals surface area (Å²) in [6.07, 6.45) is 0.651. The van der Waals surface area contributed by atoms with Gasteiger partial charge in [-0.15, -0.1) is 0 Å². The summed E-state index contributed by atoms with van der Waals surface area (Å²) in [6, 6.07) is 11.3. The van der Waals surface area contributed by atoms with E-state index in [-0.39, 0.29) is 16.3 Å². The molecule has 8 nitrogen and oxygen atoms in total. The summed E-state index contributed by atoms with van der Waals surface area (Å²) in [4.78, 5) is 10.5. The van der Waals surface area contributed by atoms with E-state index in [1.165, 1.54) is 19.2 Å². The molecule has 0 atom stereocenters. The van der Waals surface area contributed by atoms with Crippen LogP contribution in [0.1, 0.15) is 5.56 Å². The van der Waals surface area contributed by atoms with E-state index < -0.39 is 14.9 Å². The maximum atomic E-state index is 11.8. The van der Waals surface area contributed by atoms with E-state index in [0.29, 0.717) is 13.0 Å². The van der Waals surface area contributed by atoms with E-state index in [2.05, 4.69) is 10.0 Å². The fourth-order valence-electron chi connectivity index (χ4n) is 2.23. The van der Waals surface area contributed by atoms with Gasteiger partial charge in [0.05, 0.1) is 16.9 Å². The molecule has 9 heteroatoms. The lowest BCUT2D eigenvalue weighted by Crippen LogP contribution is -2.19. The third-order valence-electron chi connectivity index (χ3n) is 3.63. The van der Waals surface area contributed by atoms with Crippen LogP contribution in [-0.4, -0.2) is 34.0 Å². The first-order chi connectivity index (χ1) is 11.9. The number of hydrogen-bond donors (Lipinski definition) is 2. The Morgan fingerprint density at radius 3 is 2.40 bits per heavy atom. The van der Waals surface area contributed by atoms with Crippen molar-refractivity contribution in [3.8, 4) is 5.75 Å². The summed E-state index contributed by atoms with van der Waals surface area (Å²) in [5, 5.41) is 14.2. The largest absolute Gasteiger partial charge is 0.497 e. The van der Waals surface area contributed by atoms with Gasteiger partial charge in [0.2, 0.25) is 10.0 Å². The van der Waals surface area contributed by atoms with E-state index in [0.717, 1.165) is 17.4 Å². The molecule has 0 fully saturated rings. The average Bonchev–Trinajstić information content (AvgIpc) is 2.62. The van der Waals surface area contributed by atoms with Crippen LogP contribution < -0.4 is 14.8 Å². The molecule has 0 bridgehead atoms. The van der Waals surface area contributed by atoms with Gasteiger partial charge in [0, 0.05) is 12.6 Å². The lowest BCUT2D eigenvalue weighted by atomic mass is 10.1. The number of anilines is 1. The standard InChI is InChI=1S/C16H19N3O5S/c1-17-25(22,23)14-7-8-15(16(11-14)19(20)21)18-10-9-12-3-5-13(24-2)6-4-12/h3-8,11,17-18H,9-10H2,1-2H3. The predicted molar refractivity (Wildman–Crippen MR) is 94.5 cm³/mol. The number of nitro benzene ring substituents is 1. The molecule has 0 heterocycles. The van der Waals surface area contributed by atoms with Gasteiger partial charge < -0.3 is 10.1 Å². The van der Waals surface area contributed by atoms with Crippen molar-refractivity contribution in [2.24, 2.45) is 0 Å². The molecule has 0 aliphatic rings. The highest BCUT2D eigenvalue weighted by Crippen LogP contribution is 2.27. The molecule has 0 saturated heterocycles. The molecule has 2 aromatic rings. The second-order valence-electron chi connectivity index (χ2n) is 5.17. The van der Waals surface area contributed by atoms with E-state index >= 15 is 0 Å². The number of rotatable bonds is 8. The van der Waals surface area contributed by atoms with Gasteiger partial charge in [0.15, 0.2) is 0 Å². The molecule has 0 aromatic heterocycles. The third-order valence-corrected chi connectivity index (χ3v) is 5.05. The number of sulfonamides is 1. The van der Waals surface area contributed by atoms with Crippen LogP contribution in [0.4, 0.5) is 11.4 Å². The summed E-state index contributed by atoms with van der Waals surface area (Å²) in [5.74, 6) is 0.758. The molecule has 0 spiro atoms. The van der Waals surface area contributed by atoms with Crippen LogP contribution in [0.2, 0.25) is 0 Å². The molecule has 2 aromatic carbocycles. The topological polar surface area (TPSA) is 111 Å². The molecular weight excluding hydrogens is 346 g/mol. The summed E-state index contributed by atoms with van der Waals surface area (Å²) >= 11 is 0. The highest BCUT2D eigenvalue weighted by molar-refractivity contribution is 7.89. The zero-order valence-corrected chi connectivity index (χ0v) is 14.7. The van der Waals surface area contributed by atoms with Crippen LogP contribution in [-0.2, 0) is 16.4 Å². The van der Waals surface area contributed by atoms with E-state index in [1.807, 2.05) is 24.3 Å². The number of hydrogen-bond acceptors (Lipinski definition) is 6. The molecule has 25 heavy (non-hydrogen) atoms. The van der Waals surface area contributed by atoms with Gasteiger partial charge in [-0.2, -0.15) is 0 Å². The molecule has 0 aliphatic heterocycles. The highest BCUT2D eigenvalue weighted by atomic mass is 32.2. The number of nitro groups is 1. The van der Waals surface area contributed by atoms with Gasteiger partial charge in [-0.25, -0.2) is 13.1 Å². The van der Waals surface area contributed by atoms with Gasteiger partial charge in [-0.3, -0.25) is 10.1 Å². The Bertz CT molecular complexity index is 851. The second kappa shape index (κ2) is 7.95. The van der Waals surface area contributed by atoms with Crippen molar-refractivity contribution in [3.05, 3.63) is 58.1 Å². The lowest BCUT2D eigenvalue weighted by Gasteiger charge is -2.09. The monoisotopic (exact) mass is 365 g/mol.